The lowest BCUT2D eigenvalue weighted by Gasteiger charge is -2.35. The van der Waals surface area contributed by atoms with Crippen LogP contribution < -0.4 is 10.2 Å². The maximum absolute atomic E-state index is 13.3. The number of fused-ring (bicyclic) bond motifs is 4. The van der Waals surface area contributed by atoms with Crippen molar-refractivity contribution in [3.63, 3.8) is 0 Å². The van der Waals surface area contributed by atoms with Crippen LogP contribution >= 0.6 is 11.3 Å². The van der Waals surface area contributed by atoms with Gasteiger partial charge in [-0.1, -0.05) is 29.5 Å². The van der Waals surface area contributed by atoms with E-state index in [0.29, 0.717) is 18.6 Å². The molecule has 2 fully saturated rings. The largest absolute Gasteiger partial charge is 0.340 e. The molecule has 6 nitrogen and oxygen atoms in total. The molecule has 150 valence electrons. The summed E-state index contributed by atoms with van der Waals surface area (Å²) in [4.78, 5) is 24.1. The van der Waals surface area contributed by atoms with Gasteiger partial charge in [0.2, 0.25) is 0 Å². The van der Waals surface area contributed by atoms with Crippen molar-refractivity contribution >= 4 is 33.3 Å². The average molecular weight is 408 g/mol. The molecule has 0 spiro atoms. The Labute approximate surface area is 174 Å². The van der Waals surface area contributed by atoms with Crippen molar-refractivity contribution in [2.75, 3.05) is 24.5 Å². The number of aromatic nitrogens is 2. The molecule has 0 saturated carbocycles. The average Bonchev–Trinajstić information content (AvgIpc) is 3.38. The monoisotopic (exact) mass is 407 g/mol. The quantitative estimate of drug-likeness (QED) is 0.710. The van der Waals surface area contributed by atoms with Gasteiger partial charge in [-0.2, -0.15) is 0 Å². The Kier molecular flexibility index (Phi) is 3.96. The van der Waals surface area contributed by atoms with E-state index >= 15 is 0 Å². The molecular weight excluding hydrogens is 382 g/mol. The zero-order valence-electron chi connectivity index (χ0n) is 16.6. The van der Waals surface area contributed by atoms with Crippen LogP contribution in [0.1, 0.15) is 33.9 Å². The smallest absolute Gasteiger partial charge is 0.270 e. The van der Waals surface area contributed by atoms with Crippen molar-refractivity contribution < 1.29 is 4.79 Å². The molecule has 0 radical (unpaired) electrons. The number of rotatable bonds is 2. The van der Waals surface area contributed by atoms with Crippen molar-refractivity contribution in [3.05, 3.63) is 46.6 Å². The Balaban J connectivity index is 1.27. The summed E-state index contributed by atoms with van der Waals surface area (Å²) in [5.74, 6) is 0.117. The summed E-state index contributed by atoms with van der Waals surface area (Å²) in [6.45, 7) is 3.54. The van der Waals surface area contributed by atoms with Gasteiger partial charge in [0.25, 0.3) is 5.91 Å². The fraction of sp³-hybridized carbons (Fsp3) is 0.455. The molecular formula is C22H25N5OS. The van der Waals surface area contributed by atoms with E-state index in [-0.39, 0.29) is 5.91 Å². The molecule has 2 bridgehead atoms. The molecule has 2 unspecified atom stereocenters. The predicted octanol–water partition coefficient (Wildman–Crippen LogP) is 2.77. The molecule has 29 heavy (non-hydrogen) atoms. The van der Waals surface area contributed by atoms with E-state index in [0.717, 1.165) is 42.7 Å². The summed E-state index contributed by atoms with van der Waals surface area (Å²) in [6.07, 6.45) is 3.37. The summed E-state index contributed by atoms with van der Waals surface area (Å²) in [7, 11) is 1.98. The molecule has 3 aliphatic rings. The Hall–Kier alpha value is -2.38. The number of piperazine rings is 1. The van der Waals surface area contributed by atoms with Gasteiger partial charge in [-0.05, 0) is 25.0 Å². The Bertz CT molecular complexity index is 1090. The van der Waals surface area contributed by atoms with E-state index in [1.807, 2.05) is 34.7 Å². The van der Waals surface area contributed by atoms with Gasteiger partial charge in [-0.25, -0.2) is 4.98 Å². The first-order valence-corrected chi connectivity index (χ1v) is 11.3. The van der Waals surface area contributed by atoms with Gasteiger partial charge in [-0.3, -0.25) is 4.79 Å². The van der Waals surface area contributed by atoms with Gasteiger partial charge in [0, 0.05) is 61.0 Å². The van der Waals surface area contributed by atoms with Crippen molar-refractivity contribution in [1.82, 2.24) is 19.8 Å². The van der Waals surface area contributed by atoms with E-state index in [1.165, 1.54) is 28.5 Å². The molecule has 2 atom stereocenters. The van der Waals surface area contributed by atoms with Crippen LogP contribution in [0.2, 0.25) is 0 Å². The highest BCUT2D eigenvalue weighted by atomic mass is 32.1. The van der Waals surface area contributed by atoms with Crippen molar-refractivity contribution in [3.8, 4) is 0 Å². The Morgan fingerprint density at radius 1 is 1.21 bits per heavy atom. The first kappa shape index (κ1) is 17.5. The molecule has 0 aliphatic carbocycles. The number of aryl methyl sites for hydroxylation is 1. The van der Waals surface area contributed by atoms with Crippen LogP contribution in [0.4, 0.5) is 5.13 Å². The summed E-state index contributed by atoms with van der Waals surface area (Å²) in [6, 6.07) is 11.3. The third-order valence-corrected chi connectivity index (χ3v) is 7.87. The zero-order valence-corrected chi connectivity index (χ0v) is 17.4. The van der Waals surface area contributed by atoms with Gasteiger partial charge in [0.05, 0.1) is 12.2 Å². The molecule has 1 aromatic carbocycles. The molecule has 5 heterocycles. The number of anilines is 1. The number of nitrogens with one attached hydrogen (secondary N) is 1. The van der Waals surface area contributed by atoms with Gasteiger partial charge in [0.15, 0.2) is 5.13 Å². The number of thiazole rings is 1. The van der Waals surface area contributed by atoms with Gasteiger partial charge < -0.3 is 19.7 Å². The number of para-hydroxylation sites is 1. The van der Waals surface area contributed by atoms with Crippen molar-refractivity contribution in [1.29, 1.82) is 0 Å². The minimum Gasteiger partial charge on any atom is -0.340 e. The number of nitrogens with zero attached hydrogens (tertiary/aromatic N) is 4. The van der Waals surface area contributed by atoms with Crippen LogP contribution in [0.5, 0.6) is 0 Å². The third-order valence-electron chi connectivity index (χ3n) is 6.78. The van der Waals surface area contributed by atoms with E-state index in [9.17, 15) is 4.79 Å². The van der Waals surface area contributed by atoms with E-state index in [4.69, 9.17) is 4.98 Å². The first-order chi connectivity index (χ1) is 14.2. The standard InChI is InChI=1S/C22H25N5OS/c1-25-18-5-3-2-4-14(18)10-19(25)21(28)26-9-8-17-20(13-26)29-22(24-17)27-15-6-7-16(27)12-23-11-15/h2-5,10,15-16,23H,6-9,11-13H2,1H3. The van der Waals surface area contributed by atoms with Crippen LogP contribution in [0.15, 0.2) is 30.3 Å². The molecule has 1 N–H and O–H groups in total. The molecule has 6 rings (SSSR count). The number of benzene rings is 1. The van der Waals surface area contributed by atoms with Crippen LogP contribution in [-0.2, 0) is 20.0 Å². The zero-order chi connectivity index (χ0) is 19.5. The van der Waals surface area contributed by atoms with Crippen LogP contribution in [-0.4, -0.2) is 52.1 Å². The molecule has 3 aliphatic heterocycles. The third kappa shape index (κ3) is 2.71. The predicted molar refractivity (Wildman–Crippen MR) is 116 cm³/mol. The molecule has 2 saturated heterocycles. The summed E-state index contributed by atoms with van der Waals surface area (Å²) >= 11 is 1.80. The van der Waals surface area contributed by atoms with Crippen LogP contribution in [0.25, 0.3) is 10.9 Å². The second kappa shape index (κ2) is 6.57. The number of carbonyl (C=O) groups is 1. The first-order valence-electron chi connectivity index (χ1n) is 10.5. The SMILES string of the molecule is Cn1c(C(=O)N2CCc3nc(N4C5CCC4CNC5)sc3C2)cc2ccccc21. The van der Waals surface area contributed by atoms with Gasteiger partial charge in [-0.15, -0.1) is 0 Å². The van der Waals surface area contributed by atoms with Crippen molar-refractivity contribution in [2.45, 2.75) is 37.9 Å². The fourth-order valence-electron chi connectivity index (χ4n) is 5.21. The van der Waals surface area contributed by atoms with Crippen LogP contribution in [0, 0.1) is 0 Å². The maximum Gasteiger partial charge on any atom is 0.270 e. The van der Waals surface area contributed by atoms with Gasteiger partial charge >= 0.3 is 0 Å². The van der Waals surface area contributed by atoms with Gasteiger partial charge in [0.1, 0.15) is 5.69 Å². The summed E-state index contributed by atoms with van der Waals surface area (Å²) in [5, 5.41) is 5.83. The maximum atomic E-state index is 13.3. The summed E-state index contributed by atoms with van der Waals surface area (Å²) < 4.78 is 2.02. The lowest BCUT2D eigenvalue weighted by molar-refractivity contribution is 0.0727. The highest BCUT2D eigenvalue weighted by Crippen LogP contribution is 2.38. The lowest BCUT2D eigenvalue weighted by Crippen LogP contribution is -2.51. The highest BCUT2D eigenvalue weighted by Gasteiger charge is 2.39. The lowest BCUT2D eigenvalue weighted by atomic mass is 10.1. The number of hydrogen-bond donors (Lipinski definition) is 1. The number of hydrogen-bond acceptors (Lipinski definition) is 5. The Morgan fingerprint density at radius 2 is 2.00 bits per heavy atom. The van der Waals surface area contributed by atoms with Crippen LogP contribution in [0.3, 0.4) is 0 Å². The fourth-order valence-corrected chi connectivity index (χ4v) is 6.48. The van der Waals surface area contributed by atoms with E-state index < -0.39 is 0 Å². The number of amides is 1. The number of carbonyl (C=O) groups excluding carboxylic acids is 1. The summed E-state index contributed by atoms with van der Waals surface area (Å²) in [5.41, 5.74) is 3.06. The molecule has 7 heteroatoms. The van der Waals surface area contributed by atoms with Crippen molar-refractivity contribution in [2.24, 2.45) is 7.05 Å². The second-order valence-corrected chi connectivity index (χ2v) is 9.50. The normalized spacial score (nSPS) is 23.6. The molecule has 2 aromatic heterocycles. The Morgan fingerprint density at radius 3 is 2.79 bits per heavy atom. The van der Waals surface area contributed by atoms with E-state index in [1.54, 1.807) is 11.3 Å². The second-order valence-electron chi connectivity index (χ2n) is 8.44. The topological polar surface area (TPSA) is 53.4 Å². The van der Waals surface area contributed by atoms with E-state index in [2.05, 4.69) is 22.3 Å². The minimum atomic E-state index is 0.117. The molecule has 1 amide bonds. The minimum absolute atomic E-state index is 0.117. The highest BCUT2D eigenvalue weighted by molar-refractivity contribution is 7.15. The molecule has 3 aromatic rings.